The van der Waals surface area contributed by atoms with Crippen LogP contribution < -0.4 is 15.5 Å². The lowest BCUT2D eigenvalue weighted by molar-refractivity contribution is -0.129. The van der Waals surface area contributed by atoms with Crippen LogP contribution in [0.4, 0.5) is 11.6 Å². The monoisotopic (exact) mass is 518 g/mol. The summed E-state index contributed by atoms with van der Waals surface area (Å²) in [7, 11) is 0. The van der Waals surface area contributed by atoms with E-state index in [-0.39, 0.29) is 5.91 Å². The third-order valence-corrected chi connectivity index (χ3v) is 6.00. The lowest BCUT2D eigenvalue weighted by atomic mass is 10.1. The Bertz CT molecular complexity index is 1220. The fourth-order valence-electron chi connectivity index (χ4n) is 4.04. The number of ether oxygens (including phenoxy) is 3. The number of unbranched alkanes of at least 4 members (excludes halogenated alkanes) is 3. The van der Waals surface area contributed by atoms with Gasteiger partial charge in [0, 0.05) is 29.4 Å². The zero-order valence-electron chi connectivity index (χ0n) is 21.4. The number of aromatic nitrogens is 2. The van der Waals surface area contributed by atoms with Crippen molar-refractivity contribution in [1.29, 1.82) is 0 Å². The van der Waals surface area contributed by atoms with Crippen molar-refractivity contribution in [2.24, 2.45) is 0 Å². The summed E-state index contributed by atoms with van der Waals surface area (Å²) in [5, 5.41) is 11.9. The summed E-state index contributed by atoms with van der Waals surface area (Å²) in [4.78, 5) is 20.2. The van der Waals surface area contributed by atoms with Gasteiger partial charge in [-0.05, 0) is 48.7 Å². The van der Waals surface area contributed by atoms with Gasteiger partial charge in [0.25, 0.3) is 0 Å². The van der Waals surface area contributed by atoms with E-state index >= 15 is 0 Å². The minimum Gasteiger partial charge on any atom is -0.493 e. The fourth-order valence-corrected chi connectivity index (χ4v) is 4.04. The zero-order valence-corrected chi connectivity index (χ0v) is 21.4. The summed E-state index contributed by atoms with van der Waals surface area (Å²) < 4.78 is 17.8. The van der Waals surface area contributed by atoms with Gasteiger partial charge in [-0.15, -0.1) is 0 Å². The second kappa shape index (κ2) is 14.8. The molecule has 9 heteroatoms. The van der Waals surface area contributed by atoms with Crippen molar-refractivity contribution in [2.75, 3.05) is 25.1 Å². The molecule has 0 aliphatic carbocycles. The molecular formula is C29H34N4O5. The molecule has 1 aromatic heterocycles. The number of hydroxylamine groups is 1. The van der Waals surface area contributed by atoms with Gasteiger partial charge in [-0.3, -0.25) is 10.0 Å². The van der Waals surface area contributed by atoms with Crippen LogP contribution in [0.1, 0.15) is 43.2 Å². The van der Waals surface area contributed by atoms with Crippen molar-refractivity contribution in [3.05, 3.63) is 78.0 Å². The van der Waals surface area contributed by atoms with Gasteiger partial charge < -0.3 is 19.5 Å². The number of carbonyl (C=O) groups excluding carboxylic acids is 1. The molecule has 2 heterocycles. The molecule has 0 saturated heterocycles. The number of nitrogens with zero attached hydrogens (tertiary/aromatic N) is 2. The molecule has 0 saturated carbocycles. The summed E-state index contributed by atoms with van der Waals surface area (Å²) in [6.07, 6.45) is 9.43. The SMILES string of the molecule is O=C(CCCCCCOc1ccc2cc1COC/C=C\COCc1cccc(c1)-c1ccnc(n1)N2)NO. The highest BCUT2D eigenvalue weighted by Gasteiger charge is 2.09. The third kappa shape index (κ3) is 8.65. The maximum atomic E-state index is 11.1. The molecular weight excluding hydrogens is 484 g/mol. The largest absolute Gasteiger partial charge is 0.493 e. The third-order valence-electron chi connectivity index (χ3n) is 6.00. The van der Waals surface area contributed by atoms with E-state index in [0.29, 0.717) is 45.4 Å². The van der Waals surface area contributed by atoms with Crippen LogP contribution in [0, 0.1) is 0 Å². The first-order chi connectivity index (χ1) is 18.7. The Balaban J connectivity index is 1.44. The first-order valence-corrected chi connectivity index (χ1v) is 12.9. The molecule has 0 fully saturated rings. The van der Waals surface area contributed by atoms with E-state index in [1.165, 1.54) is 0 Å². The van der Waals surface area contributed by atoms with E-state index in [2.05, 4.69) is 16.4 Å². The van der Waals surface area contributed by atoms with Gasteiger partial charge in [0.1, 0.15) is 5.75 Å². The highest BCUT2D eigenvalue weighted by molar-refractivity contribution is 5.74. The number of anilines is 2. The molecule has 0 unspecified atom stereocenters. The summed E-state index contributed by atoms with van der Waals surface area (Å²) in [6, 6.07) is 15.9. The number of rotatable bonds is 8. The average Bonchev–Trinajstić information content (AvgIpc) is 2.94. The topological polar surface area (TPSA) is 115 Å². The van der Waals surface area contributed by atoms with E-state index in [9.17, 15) is 4.79 Å². The van der Waals surface area contributed by atoms with E-state index in [4.69, 9.17) is 24.4 Å². The highest BCUT2D eigenvalue weighted by atomic mass is 16.5. The van der Waals surface area contributed by atoms with Gasteiger partial charge in [-0.25, -0.2) is 15.4 Å². The Morgan fingerprint density at radius 1 is 1.00 bits per heavy atom. The molecule has 0 spiro atoms. The van der Waals surface area contributed by atoms with E-state index in [1.807, 2.05) is 54.6 Å². The van der Waals surface area contributed by atoms with Crippen molar-refractivity contribution in [3.63, 3.8) is 0 Å². The molecule has 6 bridgehead atoms. The van der Waals surface area contributed by atoms with Crippen LogP contribution >= 0.6 is 0 Å². The van der Waals surface area contributed by atoms with Crippen molar-refractivity contribution in [2.45, 2.75) is 45.3 Å². The molecule has 1 aliphatic rings. The predicted octanol–water partition coefficient (Wildman–Crippen LogP) is 5.32. The molecule has 3 N–H and O–H groups in total. The smallest absolute Gasteiger partial charge is 0.243 e. The van der Waals surface area contributed by atoms with Crippen LogP contribution in [0.2, 0.25) is 0 Å². The van der Waals surface area contributed by atoms with Crippen molar-refractivity contribution in [3.8, 4) is 17.0 Å². The molecule has 0 atom stereocenters. The number of carbonyl (C=O) groups is 1. The van der Waals surface area contributed by atoms with Gasteiger partial charge in [0.15, 0.2) is 0 Å². The maximum absolute atomic E-state index is 11.1. The first kappa shape index (κ1) is 27.3. The second-order valence-electron chi connectivity index (χ2n) is 8.96. The average molecular weight is 519 g/mol. The number of hydrogen-bond acceptors (Lipinski definition) is 8. The van der Waals surface area contributed by atoms with Gasteiger partial charge in [0.05, 0.1) is 38.7 Å². The Morgan fingerprint density at radius 2 is 1.84 bits per heavy atom. The van der Waals surface area contributed by atoms with Crippen LogP contribution in [-0.4, -0.2) is 40.9 Å². The summed E-state index contributed by atoms with van der Waals surface area (Å²) in [5.41, 5.74) is 6.33. The summed E-state index contributed by atoms with van der Waals surface area (Å²) in [6.45, 7) is 2.43. The number of nitrogens with one attached hydrogen (secondary N) is 2. The Hall–Kier alpha value is -3.79. The number of amides is 1. The molecule has 1 aliphatic heterocycles. The summed E-state index contributed by atoms with van der Waals surface area (Å²) >= 11 is 0. The number of benzene rings is 2. The fraction of sp³-hybridized carbons (Fsp3) is 0.345. The van der Waals surface area contributed by atoms with Crippen LogP contribution in [0.25, 0.3) is 11.3 Å². The molecule has 1 amide bonds. The highest BCUT2D eigenvalue weighted by Crippen LogP contribution is 2.27. The number of fused-ring (bicyclic) bond motifs is 7. The number of hydrogen-bond donors (Lipinski definition) is 3. The molecule has 9 nitrogen and oxygen atoms in total. The van der Waals surface area contributed by atoms with Crippen molar-refractivity contribution < 1.29 is 24.2 Å². The van der Waals surface area contributed by atoms with E-state index in [0.717, 1.165) is 59.5 Å². The van der Waals surface area contributed by atoms with Crippen LogP contribution in [-0.2, 0) is 27.5 Å². The molecule has 0 radical (unpaired) electrons. The Labute approximate surface area is 222 Å². The van der Waals surface area contributed by atoms with Crippen LogP contribution in [0.5, 0.6) is 5.75 Å². The normalized spacial score (nSPS) is 14.4. The quantitative estimate of drug-likeness (QED) is 0.159. The van der Waals surface area contributed by atoms with Gasteiger partial charge >= 0.3 is 0 Å². The second-order valence-corrected chi connectivity index (χ2v) is 8.96. The minimum absolute atomic E-state index is 0.326. The molecule has 200 valence electrons. The Kier molecular flexibility index (Phi) is 10.6. The van der Waals surface area contributed by atoms with Gasteiger partial charge in [0.2, 0.25) is 11.9 Å². The molecule has 3 aromatic rings. The zero-order chi connectivity index (χ0) is 26.4. The van der Waals surface area contributed by atoms with E-state index < -0.39 is 0 Å². The molecule has 38 heavy (non-hydrogen) atoms. The van der Waals surface area contributed by atoms with E-state index in [1.54, 1.807) is 11.7 Å². The van der Waals surface area contributed by atoms with Crippen LogP contribution in [0.15, 0.2) is 66.9 Å². The van der Waals surface area contributed by atoms with Crippen molar-refractivity contribution in [1.82, 2.24) is 15.4 Å². The molecule has 4 rings (SSSR count). The molecule has 2 aromatic carbocycles. The first-order valence-electron chi connectivity index (χ1n) is 12.9. The minimum atomic E-state index is -0.350. The lowest BCUT2D eigenvalue weighted by Crippen LogP contribution is -2.17. The van der Waals surface area contributed by atoms with Gasteiger partial charge in [-0.1, -0.05) is 43.2 Å². The van der Waals surface area contributed by atoms with Crippen LogP contribution in [0.3, 0.4) is 0 Å². The predicted molar refractivity (Wildman–Crippen MR) is 144 cm³/mol. The maximum Gasteiger partial charge on any atom is 0.243 e. The van der Waals surface area contributed by atoms with Gasteiger partial charge in [-0.2, -0.15) is 0 Å². The van der Waals surface area contributed by atoms with Crippen molar-refractivity contribution >= 4 is 17.5 Å². The standard InChI is InChI=1S/C29H34N4O5/c34-28(33-35)10-3-1-2-4-17-38-27-12-11-25-19-24(27)21-37-16-6-5-15-36-20-22-8-7-9-23(18-22)26-13-14-30-29(31-25)32-26/h5-9,11-14,18-19,35H,1-4,10,15-17,20-21H2,(H,33,34)(H,30,31,32)/b6-5-. The lowest BCUT2D eigenvalue weighted by Gasteiger charge is -2.14. The summed E-state index contributed by atoms with van der Waals surface area (Å²) in [5.74, 6) is 0.920. The Morgan fingerprint density at radius 3 is 2.71 bits per heavy atom.